The van der Waals surface area contributed by atoms with Crippen LogP contribution in [0.25, 0.3) is 0 Å². The Morgan fingerprint density at radius 3 is 2.38 bits per heavy atom. The molecule has 0 saturated heterocycles. The molecule has 0 amide bonds. The van der Waals surface area contributed by atoms with Crippen LogP contribution in [-0.2, 0) is 0 Å². The van der Waals surface area contributed by atoms with Crippen molar-refractivity contribution in [3.05, 3.63) is 51.6 Å². The largest absolute Gasteiger partial charge is 0.305 e. The Morgan fingerprint density at radius 2 is 1.85 bits per heavy atom. The molecule has 1 fully saturated rings. The third-order valence-electron chi connectivity index (χ3n) is 5.39. The van der Waals surface area contributed by atoms with Crippen molar-refractivity contribution in [3.8, 4) is 18.2 Å². The van der Waals surface area contributed by atoms with Gasteiger partial charge < -0.3 is 5.41 Å². The van der Waals surface area contributed by atoms with E-state index in [1.807, 2.05) is 18.2 Å². The van der Waals surface area contributed by atoms with E-state index in [9.17, 15) is 25.9 Å². The number of hydrogen-bond acceptors (Lipinski definition) is 6. The first-order valence-corrected chi connectivity index (χ1v) is 8.25. The maximum atomic E-state index is 10.9. The summed E-state index contributed by atoms with van der Waals surface area (Å²) in [6.07, 6.45) is 4.34. The van der Waals surface area contributed by atoms with Gasteiger partial charge in [0.1, 0.15) is 5.92 Å². The SMILES string of the molecule is N#C[C@@H]1C(=N)C(C#N)(C#N)[C@H](c2ccc([N+](=O)[O-])cc2)[C@@H]2CCCC=C12. The number of nitrogens with zero attached hydrogens (tertiary/aromatic N) is 4. The van der Waals surface area contributed by atoms with E-state index in [4.69, 9.17) is 5.41 Å². The summed E-state index contributed by atoms with van der Waals surface area (Å²) in [7, 11) is 0. The summed E-state index contributed by atoms with van der Waals surface area (Å²) in [6, 6.07) is 11.9. The van der Waals surface area contributed by atoms with Gasteiger partial charge in [0.05, 0.1) is 28.8 Å². The number of nitro benzene ring substituents is 1. The first kappa shape index (κ1) is 17.3. The number of nitrogens with one attached hydrogen (secondary N) is 1. The number of nitro groups is 1. The van der Waals surface area contributed by atoms with Gasteiger partial charge in [0.25, 0.3) is 5.69 Å². The van der Waals surface area contributed by atoms with Gasteiger partial charge in [-0.2, -0.15) is 15.8 Å². The molecule has 2 aliphatic carbocycles. The molecule has 26 heavy (non-hydrogen) atoms. The van der Waals surface area contributed by atoms with E-state index in [2.05, 4.69) is 6.07 Å². The minimum absolute atomic E-state index is 0.0755. The van der Waals surface area contributed by atoms with E-state index in [1.165, 1.54) is 12.1 Å². The first-order chi connectivity index (χ1) is 12.5. The molecule has 3 atom stereocenters. The minimum atomic E-state index is -1.75. The number of fused-ring (bicyclic) bond motifs is 1. The summed E-state index contributed by atoms with van der Waals surface area (Å²) in [5.74, 6) is -1.70. The molecule has 1 saturated carbocycles. The third-order valence-corrected chi connectivity index (χ3v) is 5.39. The van der Waals surface area contributed by atoms with Crippen molar-refractivity contribution in [2.75, 3.05) is 0 Å². The highest BCUT2D eigenvalue weighted by Crippen LogP contribution is 2.55. The molecule has 0 heterocycles. The van der Waals surface area contributed by atoms with E-state index in [1.54, 1.807) is 12.1 Å². The Labute approximate surface area is 150 Å². The van der Waals surface area contributed by atoms with Crippen LogP contribution < -0.4 is 0 Å². The van der Waals surface area contributed by atoms with E-state index < -0.39 is 22.2 Å². The van der Waals surface area contributed by atoms with Crippen LogP contribution in [-0.4, -0.2) is 10.6 Å². The topological polar surface area (TPSA) is 138 Å². The summed E-state index contributed by atoms with van der Waals surface area (Å²) in [6.45, 7) is 0. The van der Waals surface area contributed by atoms with Gasteiger partial charge in [-0.05, 0) is 36.3 Å². The highest BCUT2D eigenvalue weighted by atomic mass is 16.6. The van der Waals surface area contributed by atoms with Gasteiger partial charge in [-0.3, -0.25) is 10.1 Å². The van der Waals surface area contributed by atoms with Crippen LogP contribution in [0.5, 0.6) is 0 Å². The summed E-state index contributed by atoms with van der Waals surface area (Å²) < 4.78 is 0. The zero-order valence-electron chi connectivity index (χ0n) is 13.8. The summed E-state index contributed by atoms with van der Waals surface area (Å²) in [5, 5.41) is 48.6. The van der Waals surface area contributed by atoms with Gasteiger partial charge in [0.15, 0.2) is 5.41 Å². The van der Waals surface area contributed by atoms with E-state index in [-0.39, 0.29) is 17.3 Å². The molecule has 128 valence electrons. The fraction of sp³-hybridized carbons (Fsp3) is 0.368. The number of rotatable bonds is 2. The van der Waals surface area contributed by atoms with Gasteiger partial charge in [0.2, 0.25) is 0 Å². The molecule has 0 spiro atoms. The molecule has 0 unspecified atom stereocenters. The Morgan fingerprint density at radius 1 is 1.19 bits per heavy atom. The molecule has 1 N–H and O–H groups in total. The lowest BCUT2D eigenvalue weighted by Gasteiger charge is -2.45. The van der Waals surface area contributed by atoms with Crippen molar-refractivity contribution in [3.63, 3.8) is 0 Å². The molecular formula is C19H15N5O2. The van der Waals surface area contributed by atoms with Crippen molar-refractivity contribution in [2.45, 2.75) is 25.2 Å². The number of allylic oxidation sites excluding steroid dienone is 2. The average Bonchev–Trinajstić information content (AvgIpc) is 2.67. The van der Waals surface area contributed by atoms with Crippen molar-refractivity contribution in [1.82, 2.24) is 0 Å². The number of benzene rings is 1. The third kappa shape index (κ3) is 2.36. The summed E-state index contributed by atoms with van der Waals surface area (Å²) >= 11 is 0. The van der Waals surface area contributed by atoms with E-state index in [0.29, 0.717) is 12.0 Å². The molecule has 7 nitrogen and oxygen atoms in total. The van der Waals surface area contributed by atoms with Crippen molar-refractivity contribution >= 4 is 11.4 Å². The standard InChI is InChI=1S/C19H15N5O2/c20-9-16-14-3-1-2-4-15(14)17(19(10-21,11-22)18(16)23)12-5-7-13(8-6-12)24(25)26/h3,5-8,15-17,23H,1-2,4H2/t15-,16+,17-/m1/s1. The number of non-ortho nitro benzene ring substituents is 1. The fourth-order valence-electron chi connectivity index (χ4n) is 4.19. The molecule has 0 bridgehead atoms. The Balaban J connectivity index is 2.21. The molecule has 7 heteroatoms. The summed E-state index contributed by atoms with van der Waals surface area (Å²) in [4.78, 5) is 10.4. The highest BCUT2D eigenvalue weighted by Gasteiger charge is 2.57. The first-order valence-electron chi connectivity index (χ1n) is 8.25. The maximum Gasteiger partial charge on any atom is 0.269 e. The van der Waals surface area contributed by atoms with Crippen LogP contribution in [0.3, 0.4) is 0 Å². The molecule has 2 aliphatic rings. The predicted octanol–water partition coefficient (Wildman–Crippen LogP) is 3.61. The number of nitriles is 3. The molecule has 1 aromatic carbocycles. The van der Waals surface area contributed by atoms with Crippen LogP contribution in [0.15, 0.2) is 35.9 Å². The highest BCUT2D eigenvalue weighted by molar-refractivity contribution is 6.00. The molecule has 1 aromatic rings. The zero-order chi connectivity index (χ0) is 18.9. The smallest absolute Gasteiger partial charge is 0.269 e. The minimum Gasteiger partial charge on any atom is -0.305 e. The maximum absolute atomic E-state index is 10.9. The lowest BCUT2D eigenvalue weighted by atomic mass is 9.53. The monoisotopic (exact) mass is 345 g/mol. The van der Waals surface area contributed by atoms with Crippen LogP contribution in [0.4, 0.5) is 5.69 Å². The normalized spacial score (nSPS) is 26.4. The lowest BCUT2D eigenvalue weighted by Crippen LogP contribution is -2.48. The second-order valence-corrected chi connectivity index (χ2v) is 6.58. The van der Waals surface area contributed by atoms with Gasteiger partial charge in [-0.1, -0.05) is 18.2 Å². The lowest BCUT2D eigenvalue weighted by molar-refractivity contribution is -0.384. The quantitative estimate of drug-likeness (QED) is 0.495. The van der Waals surface area contributed by atoms with Crippen LogP contribution in [0, 0.1) is 66.8 Å². The zero-order valence-corrected chi connectivity index (χ0v) is 13.8. The molecule has 0 aliphatic heterocycles. The van der Waals surface area contributed by atoms with Gasteiger partial charge in [0, 0.05) is 18.1 Å². The van der Waals surface area contributed by atoms with Crippen molar-refractivity contribution in [2.24, 2.45) is 17.3 Å². The van der Waals surface area contributed by atoms with Gasteiger partial charge in [-0.15, -0.1) is 0 Å². The Kier molecular flexibility index (Phi) is 4.28. The predicted molar refractivity (Wildman–Crippen MR) is 91.8 cm³/mol. The molecule has 3 rings (SSSR count). The molecule has 0 radical (unpaired) electrons. The van der Waals surface area contributed by atoms with Crippen LogP contribution in [0.1, 0.15) is 30.7 Å². The number of hydrogen-bond donors (Lipinski definition) is 1. The second-order valence-electron chi connectivity index (χ2n) is 6.58. The molecule has 0 aromatic heterocycles. The Bertz CT molecular complexity index is 913. The fourth-order valence-corrected chi connectivity index (χ4v) is 4.19. The van der Waals surface area contributed by atoms with E-state index >= 15 is 0 Å². The van der Waals surface area contributed by atoms with Crippen LogP contribution in [0.2, 0.25) is 0 Å². The van der Waals surface area contributed by atoms with Crippen molar-refractivity contribution < 1.29 is 4.92 Å². The van der Waals surface area contributed by atoms with Gasteiger partial charge >= 0.3 is 0 Å². The average molecular weight is 345 g/mol. The van der Waals surface area contributed by atoms with Crippen LogP contribution >= 0.6 is 0 Å². The second kappa shape index (κ2) is 6.43. The van der Waals surface area contributed by atoms with Gasteiger partial charge in [-0.25, -0.2) is 0 Å². The van der Waals surface area contributed by atoms with E-state index in [0.717, 1.165) is 18.4 Å². The Hall–Kier alpha value is -3.50. The molecular weight excluding hydrogens is 330 g/mol. The summed E-state index contributed by atoms with van der Waals surface area (Å²) in [5.41, 5.74) is -0.618. The van der Waals surface area contributed by atoms with Crippen molar-refractivity contribution in [1.29, 1.82) is 21.2 Å².